The zero-order valence-corrected chi connectivity index (χ0v) is 15.8. The third-order valence-electron chi connectivity index (χ3n) is 2.98. The van der Waals surface area contributed by atoms with Crippen molar-refractivity contribution in [2.45, 2.75) is 33.2 Å². The molecule has 5 nitrogen and oxygen atoms in total. The zero-order chi connectivity index (χ0) is 16.8. The second kappa shape index (κ2) is 8.47. The van der Waals surface area contributed by atoms with Gasteiger partial charge in [-0.1, -0.05) is 12.1 Å². The fourth-order valence-electron chi connectivity index (χ4n) is 1.99. The molecule has 2 amide bonds. The van der Waals surface area contributed by atoms with E-state index in [0.29, 0.717) is 6.54 Å². The van der Waals surface area contributed by atoms with Crippen molar-refractivity contribution in [3.8, 4) is 0 Å². The van der Waals surface area contributed by atoms with Crippen molar-refractivity contribution >= 4 is 40.1 Å². The number of amides is 2. The summed E-state index contributed by atoms with van der Waals surface area (Å²) in [5.41, 5.74) is 0.556. The predicted octanol–water partition coefficient (Wildman–Crippen LogP) is 1.05. The monoisotopic (exact) mass is 418 g/mol. The minimum atomic E-state index is -0.252. The van der Waals surface area contributed by atoms with Gasteiger partial charge >= 0.3 is 0 Å². The molecule has 1 rings (SSSR count). The van der Waals surface area contributed by atoms with Crippen molar-refractivity contribution in [1.82, 2.24) is 5.32 Å². The summed E-state index contributed by atoms with van der Waals surface area (Å²) in [4.78, 5) is 25.0. The smallest absolute Gasteiger partial charge is 0.279 e. The molecular formula is C16H25IN3O2+. The number of anilines is 1. The Morgan fingerprint density at radius 1 is 1.14 bits per heavy atom. The summed E-state index contributed by atoms with van der Waals surface area (Å²) in [6.45, 7) is 9.10. The number of hydrogen-bond donors (Lipinski definition) is 3. The molecule has 22 heavy (non-hydrogen) atoms. The van der Waals surface area contributed by atoms with E-state index in [1.807, 2.05) is 52.0 Å². The number of hydrogen-bond acceptors (Lipinski definition) is 2. The number of nitrogens with one attached hydrogen (secondary N) is 3. The summed E-state index contributed by atoms with van der Waals surface area (Å²) in [5.74, 6) is -0.115. The number of carbonyl (C=O) groups is 2. The van der Waals surface area contributed by atoms with Crippen LogP contribution in [0.3, 0.4) is 0 Å². The van der Waals surface area contributed by atoms with E-state index < -0.39 is 0 Å². The number of halogens is 1. The van der Waals surface area contributed by atoms with Gasteiger partial charge in [-0.25, -0.2) is 0 Å². The lowest BCUT2D eigenvalue weighted by Gasteiger charge is -2.23. The van der Waals surface area contributed by atoms with Crippen molar-refractivity contribution in [3.63, 3.8) is 0 Å². The van der Waals surface area contributed by atoms with E-state index in [4.69, 9.17) is 0 Å². The molecule has 0 radical (unpaired) electrons. The van der Waals surface area contributed by atoms with E-state index in [9.17, 15) is 9.59 Å². The minimum absolute atomic E-state index is 0.0357. The fraction of sp³-hybridized carbons (Fsp3) is 0.500. The highest BCUT2D eigenvalue weighted by Crippen LogP contribution is 2.16. The van der Waals surface area contributed by atoms with Crippen molar-refractivity contribution in [2.75, 3.05) is 25.0 Å². The van der Waals surface area contributed by atoms with Crippen LogP contribution in [0, 0.1) is 3.57 Å². The van der Waals surface area contributed by atoms with Crippen LogP contribution in [-0.2, 0) is 9.59 Å². The maximum Gasteiger partial charge on any atom is 0.279 e. The molecule has 1 atom stereocenters. The Kier molecular flexibility index (Phi) is 7.28. The van der Waals surface area contributed by atoms with Crippen molar-refractivity contribution in [3.05, 3.63) is 27.8 Å². The summed E-state index contributed by atoms with van der Waals surface area (Å²) in [6.07, 6.45) is 0. The molecule has 0 aliphatic carbocycles. The van der Waals surface area contributed by atoms with Crippen LogP contribution < -0.4 is 15.5 Å². The average Bonchev–Trinajstić information content (AvgIpc) is 2.38. The first-order chi connectivity index (χ1) is 10.2. The zero-order valence-electron chi connectivity index (χ0n) is 13.6. The number of quaternary nitrogens is 1. The summed E-state index contributed by atoms with van der Waals surface area (Å²) >= 11 is 2.19. The van der Waals surface area contributed by atoms with E-state index in [1.165, 1.54) is 0 Å². The summed E-state index contributed by atoms with van der Waals surface area (Å²) < 4.78 is 0.997. The molecule has 0 aromatic heterocycles. The van der Waals surface area contributed by atoms with E-state index in [0.717, 1.165) is 20.7 Å². The average molecular weight is 418 g/mol. The second-order valence-electron chi connectivity index (χ2n) is 6.28. The second-order valence-corrected chi connectivity index (χ2v) is 7.45. The van der Waals surface area contributed by atoms with E-state index in [2.05, 4.69) is 33.2 Å². The third-order valence-corrected chi connectivity index (χ3v) is 3.92. The molecule has 0 fully saturated rings. The number of rotatable bonds is 6. The van der Waals surface area contributed by atoms with Gasteiger partial charge in [-0.2, -0.15) is 0 Å². The van der Waals surface area contributed by atoms with Crippen LogP contribution in [-0.4, -0.2) is 37.0 Å². The lowest BCUT2D eigenvalue weighted by Crippen LogP contribution is -3.14. The van der Waals surface area contributed by atoms with Crippen LogP contribution in [0.1, 0.15) is 27.7 Å². The molecular weight excluding hydrogens is 393 g/mol. The molecule has 0 spiro atoms. The van der Waals surface area contributed by atoms with Gasteiger partial charge in [0.05, 0.1) is 12.2 Å². The van der Waals surface area contributed by atoms with E-state index in [1.54, 1.807) is 0 Å². The van der Waals surface area contributed by atoms with Crippen LogP contribution in [0.5, 0.6) is 0 Å². The highest BCUT2D eigenvalue weighted by Gasteiger charge is 2.20. The van der Waals surface area contributed by atoms with Crippen LogP contribution in [0.2, 0.25) is 0 Å². The largest absolute Gasteiger partial charge is 0.347 e. The van der Waals surface area contributed by atoms with Crippen LogP contribution in [0.4, 0.5) is 5.69 Å². The molecule has 3 N–H and O–H groups in total. The Morgan fingerprint density at radius 3 is 2.27 bits per heavy atom. The van der Waals surface area contributed by atoms with Gasteiger partial charge in [-0.3, -0.25) is 9.59 Å². The molecule has 0 heterocycles. The maximum absolute atomic E-state index is 12.1. The molecule has 122 valence electrons. The van der Waals surface area contributed by atoms with Gasteiger partial charge in [0.25, 0.3) is 11.8 Å². The maximum atomic E-state index is 12.1. The quantitative estimate of drug-likeness (QED) is 0.605. The lowest BCUT2D eigenvalue weighted by atomic mass is 10.1. The number of benzene rings is 1. The molecule has 1 aromatic rings. The summed E-state index contributed by atoms with van der Waals surface area (Å²) in [6, 6.07) is 7.63. The Balaban J connectivity index is 2.53. The van der Waals surface area contributed by atoms with Gasteiger partial charge in [-0.05, 0) is 62.4 Å². The first kappa shape index (κ1) is 18.9. The van der Waals surface area contributed by atoms with E-state index >= 15 is 0 Å². The van der Waals surface area contributed by atoms with Gasteiger partial charge in [0.2, 0.25) is 0 Å². The van der Waals surface area contributed by atoms with Gasteiger partial charge in [0, 0.05) is 9.11 Å². The number of likely N-dealkylation sites (N-methyl/N-ethyl adjacent to an activating group) is 1. The number of carbonyl (C=O) groups excluding carboxylic acids is 2. The van der Waals surface area contributed by atoms with Crippen molar-refractivity contribution < 1.29 is 14.5 Å². The molecule has 6 heteroatoms. The van der Waals surface area contributed by atoms with E-state index in [-0.39, 0.29) is 23.9 Å². The fourth-order valence-corrected chi connectivity index (χ4v) is 2.51. The predicted molar refractivity (Wildman–Crippen MR) is 96.9 cm³/mol. The molecule has 1 aromatic carbocycles. The van der Waals surface area contributed by atoms with Gasteiger partial charge in [0.1, 0.15) is 0 Å². The lowest BCUT2D eigenvalue weighted by molar-refractivity contribution is -0.881. The topological polar surface area (TPSA) is 62.6 Å². The summed E-state index contributed by atoms with van der Waals surface area (Å²) in [7, 11) is 0. The van der Waals surface area contributed by atoms with Crippen molar-refractivity contribution in [1.29, 1.82) is 0 Å². The van der Waals surface area contributed by atoms with Crippen LogP contribution in [0.15, 0.2) is 24.3 Å². The Hall–Kier alpha value is -1.15. The van der Waals surface area contributed by atoms with Crippen LogP contribution >= 0.6 is 22.6 Å². The molecule has 0 saturated carbocycles. The molecule has 1 unspecified atom stereocenters. The summed E-state index contributed by atoms with van der Waals surface area (Å²) in [5, 5.41) is 5.82. The highest BCUT2D eigenvalue weighted by atomic mass is 127. The highest BCUT2D eigenvalue weighted by molar-refractivity contribution is 14.1. The van der Waals surface area contributed by atoms with Gasteiger partial charge < -0.3 is 15.5 Å². The normalized spacial score (nSPS) is 12.6. The Morgan fingerprint density at radius 2 is 1.73 bits per heavy atom. The standard InChI is InChI=1S/C16H24IN3O2/c1-5-20(11-15(22)19-16(2,3)4)10-14(21)18-13-9-7-6-8-12(13)17/h6-9H,5,10-11H2,1-4H3,(H,18,21)(H,19,22)/p+1. The Bertz CT molecular complexity index is 526. The molecule has 0 aliphatic heterocycles. The third kappa shape index (κ3) is 7.22. The molecule has 0 saturated heterocycles. The first-order valence-electron chi connectivity index (χ1n) is 7.40. The molecule has 0 aliphatic rings. The SMILES string of the molecule is CC[NH+](CC(=O)Nc1ccccc1I)CC(=O)NC(C)(C)C. The number of para-hydroxylation sites is 1. The van der Waals surface area contributed by atoms with Gasteiger partial charge in [-0.15, -0.1) is 0 Å². The first-order valence-corrected chi connectivity index (χ1v) is 8.48. The Labute approximate surface area is 146 Å². The van der Waals surface area contributed by atoms with Gasteiger partial charge in [0.15, 0.2) is 13.1 Å². The van der Waals surface area contributed by atoms with Crippen molar-refractivity contribution in [2.24, 2.45) is 0 Å². The van der Waals surface area contributed by atoms with Crippen LogP contribution in [0.25, 0.3) is 0 Å². The minimum Gasteiger partial charge on any atom is -0.347 e. The molecule has 0 bridgehead atoms.